The number of esters is 1. The Morgan fingerprint density at radius 2 is 1.54 bits per heavy atom. The molecular formula is C32H52O5. The number of hydrogen-bond acceptors (Lipinski definition) is 4. The molecule has 4 aliphatic carbocycles. The molecule has 0 aromatic rings. The zero-order valence-electron chi connectivity index (χ0n) is 24.7. The molecule has 4 rings (SSSR count). The minimum absolute atomic E-state index is 0.0198. The Kier molecular flexibility index (Phi) is 7.24. The molecule has 0 spiro atoms. The summed E-state index contributed by atoms with van der Waals surface area (Å²) in [6, 6.07) is 0. The Morgan fingerprint density at radius 3 is 2.14 bits per heavy atom. The third kappa shape index (κ3) is 4.39. The van der Waals surface area contributed by atoms with Crippen molar-refractivity contribution in [1.82, 2.24) is 0 Å². The molecule has 4 saturated carbocycles. The summed E-state index contributed by atoms with van der Waals surface area (Å²) in [5.74, 6) is 0.866. The van der Waals surface area contributed by atoms with E-state index in [0.717, 1.165) is 44.9 Å². The van der Waals surface area contributed by atoms with Gasteiger partial charge in [-0.25, -0.2) is 0 Å². The molecule has 1 unspecified atom stereocenters. The normalized spacial score (nSPS) is 44.8. The average molecular weight is 517 g/mol. The van der Waals surface area contributed by atoms with Crippen molar-refractivity contribution < 1.29 is 24.2 Å². The third-order valence-corrected chi connectivity index (χ3v) is 12.7. The molecule has 0 aliphatic heterocycles. The Morgan fingerprint density at radius 1 is 0.865 bits per heavy atom. The summed E-state index contributed by atoms with van der Waals surface area (Å²) in [7, 11) is 0. The van der Waals surface area contributed by atoms with E-state index in [9.17, 15) is 19.5 Å². The molecule has 5 heteroatoms. The monoisotopic (exact) mass is 516 g/mol. The van der Waals surface area contributed by atoms with E-state index in [1.165, 1.54) is 6.92 Å². The van der Waals surface area contributed by atoms with Crippen LogP contribution in [-0.4, -0.2) is 28.9 Å². The Labute approximate surface area is 224 Å². The second-order valence-electron chi connectivity index (χ2n) is 15.3. The molecule has 37 heavy (non-hydrogen) atoms. The van der Waals surface area contributed by atoms with Crippen LogP contribution in [0.4, 0.5) is 0 Å². The molecule has 0 aromatic heterocycles. The van der Waals surface area contributed by atoms with Crippen LogP contribution in [0.25, 0.3) is 0 Å². The van der Waals surface area contributed by atoms with Crippen LogP contribution in [0.2, 0.25) is 0 Å². The van der Waals surface area contributed by atoms with Gasteiger partial charge in [0, 0.05) is 25.2 Å². The topological polar surface area (TPSA) is 80.7 Å². The zero-order valence-corrected chi connectivity index (χ0v) is 24.7. The van der Waals surface area contributed by atoms with Gasteiger partial charge in [0.15, 0.2) is 0 Å². The van der Waals surface area contributed by atoms with Gasteiger partial charge in [0.05, 0.1) is 5.41 Å². The average Bonchev–Trinajstić information content (AvgIpc) is 2.76. The highest BCUT2D eigenvalue weighted by atomic mass is 16.5. The van der Waals surface area contributed by atoms with Gasteiger partial charge in [-0.2, -0.15) is 0 Å². The number of ether oxygens (including phenoxy) is 1. The van der Waals surface area contributed by atoms with Crippen LogP contribution in [-0.2, 0) is 19.1 Å². The maximum atomic E-state index is 12.8. The van der Waals surface area contributed by atoms with Gasteiger partial charge in [0.2, 0.25) is 0 Å². The molecule has 4 fully saturated rings. The maximum absolute atomic E-state index is 12.8. The highest BCUT2D eigenvalue weighted by Crippen LogP contribution is 2.75. The van der Waals surface area contributed by atoms with Gasteiger partial charge in [0.25, 0.3) is 0 Å². The number of ketones is 1. The fourth-order valence-corrected chi connectivity index (χ4v) is 10.6. The van der Waals surface area contributed by atoms with Crippen molar-refractivity contribution in [1.29, 1.82) is 0 Å². The second-order valence-corrected chi connectivity index (χ2v) is 15.3. The number of carboxylic acid groups (broad SMARTS) is 1. The quantitative estimate of drug-likeness (QED) is 0.371. The maximum Gasteiger partial charge on any atom is 0.310 e. The highest BCUT2D eigenvalue weighted by molar-refractivity contribution is 5.86. The molecule has 0 heterocycles. The SMILES string of the molecule is CC(=O)O[C@H]1CC[C@]2(C)C3CC[C@@H]4C[C@@](CC(=O)CC(C)C)(C(=O)O)CC[C@@]4(C)[C@]3(C)CC[C@H]2C1(C)C. The number of carbonyl (C=O) groups excluding carboxylic acids is 2. The largest absolute Gasteiger partial charge is 0.481 e. The molecule has 210 valence electrons. The van der Waals surface area contributed by atoms with E-state index in [-0.39, 0.29) is 51.9 Å². The van der Waals surface area contributed by atoms with E-state index >= 15 is 0 Å². The molecule has 0 aromatic carbocycles. The predicted octanol–water partition coefficient (Wildman–Crippen LogP) is 7.45. The molecular weight excluding hydrogens is 464 g/mol. The van der Waals surface area contributed by atoms with Crippen molar-refractivity contribution in [3.8, 4) is 0 Å². The Hall–Kier alpha value is -1.39. The summed E-state index contributed by atoms with van der Waals surface area (Å²) in [6.45, 7) is 17.7. The first kappa shape index (κ1) is 28.6. The van der Waals surface area contributed by atoms with Gasteiger partial charge in [0.1, 0.15) is 11.9 Å². The molecule has 0 bridgehead atoms. The smallest absolute Gasteiger partial charge is 0.310 e. The summed E-state index contributed by atoms with van der Waals surface area (Å²) in [5.41, 5.74) is -0.529. The Bertz CT molecular complexity index is 937. The molecule has 5 nitrogen and oxygen atoms in total. The minimum Gasteiger partial charge on any atom is -0.481 e. The Balaban J connectivity index is 1.61. The summed E-state index contributed by atoms with van der Waals surface area (Å²) in [6.07, 6.45) is 9.27. The first-order chi connectivity index (χ1) is 17.0. The van der Waals surface area contributed by atoms with Crippen LogP contribution < -0.4 is 0 Å². The third-order valence-electron chi connectivity index (χ3n) is 12.7. The fraction of sp³-hybridized carbons (Fsp3) is 0.906. The number of Topliss-reactive ketones (excluding diaryl/α,β-unsaturated/α-hetero) is 1. The number of carboxylic acids is 1. The van der Waals surface area contributed by atoms with Crippen molar-refractivity contribution in [2.45, 2.75) is 132 Å². The highest BCUT2D eigenvalue weighted by Gasteiger charge is 2.68. The van der Waals surface area contributed by atoms with E-state index < -0.39 is 11.4 Å². The van der Waals surface area contributed by atoms with E-state index in [1.807, 2.05) is 13.8 Å². The van der Waals surface area contributed by atoms with Gasteiger partial charge in [-0.1, -0.05) is 48.5 Å². The van der Waals surface area contributed by atoms with Crippen molar-refractivity contribution in [2.24, 2.45) is 50.7 Å². The predicted molar refractivity (Wildman–Crippen MR) is 145 cm³/mol. The lowest BCUT2D eigenvalue weighted by Gasteiger charge is -2.71. The number of rotatable bonds is 6. The van der Waals surface area contributed by atoms with E-state index in [0.29, 0.717) is 37.0 Å². The summed E-state index contributed by atoms with van der Waals surface area (Å²) < 4.78 is 5.85. The van der Waals surface area contributed by atoms with E-state index in [4.69, 9.17) is 4.74 Å². The molecule has 1 N–H and O–H groups in total. The molecule has 0 radical (unpaired) electrons. The van der Waals surface area contributed by atoms with Crippen LogP contribution in [0.3, 0.4) is 0 Å². The first-order valence-electron chi connectivity index (χ1n) is 14.9. The number of hydrogen-bond donors (Lipinski definition) is 1. The van der Waals surface area contributed by atoms with Crippen molar-refractivity contribution in [2.75, 3.05) is 0 Å². The van der Waals surface area contributed by atoms with Crippen molar-refractivity contribution >= 4 is 17.7 Å². The van der Waals surface area contributed by atoms with Crippen molar-refractivity contribution in [3.63, 3.8) is 0 Å². The molecule has 0 saturated heterocycles. The van der Waals surface area contributed by atoms with Gasteiger partial charge < -0.3 is 9.84 Å². The molecule has 0 amide bonds. The summed E-state index contributed by atoms with van der Waals surface area (Å²) in [4.78, 5) is 37.3. The van der Waals surface area contributed by atoms with Gasteiger partial charge in [-0.15, -0.1) is 0 Å². The lowest BCUT2D eigenvalue weighted by molar-refractivity contribution is -0.241. The van der Waals surface area contributed by atoms with Crippen molar-refractivity contribution in [3.05, 3.63) is 0 Å². The van der Waals surface area contributed by atoms with Crippen LogP contribution >= 0.6 is 0 Å². The number of fused-ring (bicyclic) bond motifs is 5. The lowest BCUT2D eigenvalue weighted by atomic mass is 9.33. The van der Waals surface area contributed by atoms with Gasteiger partial charge in [-0.05, 0) is 97.7 Å². The summed E-state index contributed by atoms with van der Waals surface area (Å²) >= 11 is 0. The van der Waals surface area contributed by atoms with Crippen LogP contribution in [0, 0.1) is 50.7 Å². The molecule has 4 aliphatic rings. The van der Waals surface area contributed by atoms with Crippen LogP contribution in [0.5, 0.6) is 0 Å². The van der Waals surface area contributed by atoms with Crippen LogP contribution in [0.15, 0.2) is 0 Å². The standard InChI is InChI=1S/C32H52O5/c1-20(2)17-23(34)19-32(27(35)36)16-15-30(7)22(18-32)9-10-25-29(6)13-12-26(37-21(3)33)28(4,5)24(29)11-14-31(25,30)8/h20,22,24-26H,9-19H2,1-8H3,(H,35,36)/t22-,24+,25?,26+,29+,30-,31-,32+/m1/s1. The second kappa shape index (κ2) is 9.37. The van der Waals surface area contributed by atoms with Crippen LogP contribution in [0.1, 0.15) is 126 Å². The zero-order chi connectivity index (χ0) is 27.6. The number of carbonyl (C=O) groups is 3. The van der Waals surface area contributed by atoms with Gasteiger partial charge in [-0.3, -0.25) is 14.4 Å². The number of aliphatic carboxylic acids is 1. The van der Waals surface area contributed by atoms with E-state index in [1.54, 1.807) is 0 Å². The minimum atomic E-state index is -0.898. The van der Waals surface area contributed by atoms with Gasteiger partial charge >= 0.3 is 11.9 Å². The molecule has 8 atom stereocenters. The fourth-order valence-electron chi connectivity index (χ4n) is 10.6. The lowest BCUT2D eigenvalue weighted by Crippen LogP contribution is -2.65. The first-order valence-corrected chi connectivity index (χ1v) is 14.9. The summed E-state index contributed by atoms with van der Waals surface area (Å²) in [5, 5.41) is 10.4. The van der Waals surface area contributed by atoms with E-state index in [2.05, 4.69) is 34.6 Å².